The number of carbonyl (C=O) groups excluding carboxylic acids is 2. The lowest BCUT2D eigenvalue weighted by Gasteiger charge is -2.36. The molecule has 1 saturated heterocycles. The maximum Gasteiger partial charge on any atom is 0.387 e. The molecule has 0 bridgehead atoms. The van der Waals surface area contributed by atoms with Crippen molar-refractivity contribution in [1.29, 1.82) is 0 Å². The fraction of sp³-hybridized carbons (Fsp3) is 0.412. The number of carbonyl (C=O) groups is 2. The van der Waals surface area contributed by atoms with Crippen molar-refractivity contribution < 1.29 is 23.1 Å². The number of likely N-dealkylation sites (tertiary alicyclic amines) is 1. The molecule has 7 heteroatoms. The summed E-state index contributed by atoms with van der Waals surface area (Å²) in [5, 5.41) is 0. The van der Waals surface area contributed by atoms with Crippen LogP contribution in [0.3, 0.4) is 0 Å². The second kappa shape index (κ2) is 7.90. The predicted molar refractivity (Wildman–Crippen MR) is 85.2 cm³/mol. The standard InChI is InChI=1S/C17H20F2N2O3/c1-11-6-7-13(16(20)23)10-21(11)15(22)9-8-12-4-2-3-5-14(12)24-17(18)19/h2-5,8-9,11,13,17H,6-7,10H2,1H3,(H2,20,23)/b9-8+/t11-,13-/m1/s1. The number of benzene rings is 1. The first-order valence-electron chi connectivity index (χ1n) is 7.70. The summed E-state index contributed by atoms with van der Waals surface area (Å²) in [5.74, 6) is -1.06. The van der Waals surface area contributed by atoms with Gasteiger partial charge in [-0.15, -0.1) is 0 Å². The van der Waals surface area contributed by atoms with Crippen molar-refractivity contribution in [2.75, 3.05) is 6.54 Å². The number of nitrogens with zero attached hydrogens (tertiary/aromatic N) is 1. The lowest BCUT2D eigenvalue weighted by atomic mass is 9.93. The Kier molecular flexibility index (Phi) is 5.89. The molecule has 0 radical (unpaired) electrons. The van der Waals surface area contributed by atoms with Crippen LogP contribution in [-0.4, -0.2) is 35.9 Å². The first-order valence-corrected chi connectivity index (χ1v) is 7.70. The second-order valence-electron chi connectivity index (χ2n) is 5.77. The van der Waals surface area contributed by atoms with Gasteiger partial charge in [-0.05, 0) is 31.9 Å². The molecule has 1 heterocycles. The van der Waals surface area contributed by atoms with Crippen LogP contribution in [0.4, 0.5) is 8.78 Å². The molecule has 2 amide bonds. The smallest absolute Gasteiger partial charge is 0.387 e. The first-order chi connectivity index (χ1) is 11.4. The third-order valence-corrected chi connectivity index (χ3v) is 4.11. The molecule has 5 nitrogen and oxygen atoms in total. The average molecular weight is 338 g/mol. The lowest BCUT2D eigenvalue weighted by molar-refractivity contribution is -0.133. The Morgan fingerprint density at radius 2 is 2.04 bits per heavy atom. The summed E-state index contributed by atoms with van der Waals surface area (Å²) in [6.45, 7) is -0.764. The summed E-state index contributed by atoms with van der Waals surface area (Å²) in [5.41, 5.74) is 5.70. The number of piperidine rings is 1. The summed E-state index contributed by atoms with van der Waals surface area (Å²) in [7, 11) is 0. The minimum Gasteiger partial charge on any atom is -0.434 e. The summed E-state index contributed by atoms with van der Waals surface area (Å²) in [4.78, 5) is 25.3. The second-order valence-corrected chi connectivity index (χ2v) is 5.77. The van der Waals surface area contributed by atoms with Gasteiger partial charge in [0.05, 0.1) is 5.92 Å². The SMILES string of the molecule is C[C@@H]1CC[C@@H](C(N)=O)CN1C(=O)/C=C/c1ccccc1OC(F)F. The zero-order valence-corrected chi connectivity index (χ0v) is 13.3. The zero-order valence-electron chi connectivity index (χ0n) is 13.3. The Bertz CT molecular complexity index is 634. The van der Waals surface area contributed by atoms with Crippen LogP contribution < -0.4 is 10.5 Å². The number of para-hydroxylation sites is 1. The van der Waals surface area contributed by atoms with Crippen molar-refractivity contribution in [3.63, 3.8) is 0 Å². The van der Waals surface area contributed by atoms with Crippen LogP contribution in [0.15, 0.2) is 30.3 Å². The average Bonchev–Trinajstić information content (AvgIpc) is 2.53. The van der Waals surface area contributed by atoms with E-state index in [0.717, 1.165) is 0 Å². The number of halogens is 2. The van der Waals surface area contributed by atoms with Gasteiger partial charge in [0.2, 0.25) is 11.8 Å². The van der Waals surface area contributed by atoms with E-state index in [9.17, 15) is 18.4 Å². The molecule has 24 heavy (non-hydrogen) atoms. The van der Waals surface area contributed by atoms with Crippen LogP contribution in [0.25, 0.3) is 6.08 Å². The quantitative estimate of drug-likeness (QED) is 0.838. The highest BCUT2D eigenvalue weighted by Crippen LogP contribution is 2.24. The molecule has 0 aromatic heterocycles. The number of hydrogen-bond acceptors (Lipinski definition) is 3. The molecule has 1 aliphatic rings. The Balaban J connectivity index is 2.11. The monoisotopic (exact) mass is 338 g/mol. The van der Waals surface area contributed by atoms with E-state index in [2.05, 4.69) is 4.74 Å². The van der Waals surface area contributed by atoms with Crippen molar-refractivity contribution in [2.45, 2.75) is 32.4 Å². The number of ether oxygens (including phenoxy) is 1. The lowest BCUT2D eigenvalue weighted by Crippen LogP contribution is -2.48. The molecule has 130 valence electrons. The molecule has 2 atom stereocenters. The van der Waals surface area contributed by atoms with E-state index in [1.165, 1.54) is 18.2 Å². The van der Waals surface area contributed by atoms with Gasteiger partial charge in [0.1, 0.15) is 5.75 Å². The Morgan fingerprint density at radius 3 is 2.71 bits per heavy atom. The molecule has 1 fully saturated rings. The maximum atomic E-state index is 12.4. The Morgan fingerprint density at radius 1 is 1.33 bits per heavy atom. The van der Waals surface area contributed by atoms with Gasteiger partial charge in [-0.1, -0.05) is 18.2 Å². The topological polar surface area (TPSA) is 72.6 Å². The Hall–Kier alpha value is -2.44. The number of nitrogens with two attached hydrogens (primary N) is 1. The zero-order chi connectivity index (χ0) is 17.7. The number of alkyl halides is 2. The largest absolute Gasteiger partial charge is 0.434 e. The fourth-order valence-corrected chi connectivity index (χ4v) is 2.72. The van der Waals surface area contributed by atoms with Crippen LogP contribution in [0.5, 0.6) is 5.75 Å². The fourth-order valence-electron chi connectivity index (χ4n) is 2.72. The molecular formula is C17H20F2N2O3. The number of amides is 2. The third kappa shape index (κ3) is 4.53. The van der Waals surface area contributed by atoms with Crippen molar-refractivity contribution in [3.05, 3.63) is 35.9 Å². The van der Waals surface area contributed by atoms with Crippen molar-refractivity contribution in [3.8, 4) is 5.75 Å². The summed E-state index contributed by atoms with van der Waals surface area (Å²) in [6.07, 6.45) is 4.08. The van der Waals surface area contributed by atoms with Crippen LogP contribution in [0.2, 0.25) is 0 Å². The van der Waals surface area contributed by atoms with E-state index < -0.39 is 12.5 Å². The van der Waals surface area contributed by atoms with Crippen molar-refractivity contribution >= 4 is 17.9 Å². The first kappa shape index (κ1) is 17.9. The number of hydrogen-bond donors (Lipinski definition) is 1. The molecule has 0 spiro atoms. The van der Waals surface area contributed by atoms with E-state index >= 15 is 0 Å². The highest BCUT2D eigenvalue weighted by atomic mass is 19.3. The van der Waals surface area contributed by atoms with Gasteiger partial charge in [-0.2, -0.15) is 8.78 Å². The van der Waals surface area contributed by atoms with E-state index in [4.69, 9.17) is 5.73 Å². The summed E-state index contributed by atoms with van der Waals surface area (Å²) in [6, 6.07) is 6.21. The van der Waals surface area contributed by atoms with E-state index in [1.54, 1.807) is 23.1 Å². The Labute approximate surface area is 139 Å². The molecule has 2 N–H and O–H groups in total. The van der Waals surface area contributed by atoms with Crippen molar-refractivity contribution in [1.82, 2.24) is 4.90 Å². The van der Waals surface area contributed by atoms with E-state index in [0.29, 0.717) is 18.4 Å². The normalized spacial score (nSPS) is 21.2. The number of rotatable bonds is 5. The van der Waals surface area contributed by atoms with Crippen LogP contribution in [0, 0.1) is 5.92 Å². The predicted octanol–water partition coefficient (Wildman–Crippen LogP) is 2.41. The molecule has 1 aliphatic heterocycles. The minimum absolute atomic E-state index is 0.00162. The van der Waals surface area contributed by atoms with Crippen LogP contribution in [-0.2, 0) is 9.59 Å². The summed E-state index contributed by atoms with van der Waals surface area (Å²) >= 11 is 0. The van der Waals surface area contributed by atoms with Gasteiger partial charge in [0, 0.05) is 24.2 Å². The molecule has 0 unspecified atom stereocenters. The number of primary amides is 1. The third-order valence-electron chi connectivity index (χ3n) is 4.11. The maximum absolute atomic E-state index is 12.4. The minimum atomic E-state index is -2.94. The molecule has 0 aliphatic carbocycles. The van der Waals surface area contributed by atoms with Gasteiger partial charge < -0.3 is 15.4 Å². The van der Waals surface area contributed by atoms with Gasteiger partial charge in [0.25, 0.3) is 0 Å². The van der Waals surface area contributed by atoms with Crippen LogP contribution >= 0.6 is 0 Å². The molecule has 1 aromatic rings. The van der Waals surface area contributed by atoms with Gasteiger partial charge in [-0.3, -0.25) is 9.59 Å². The highest BCUT2D eigenvalue weighted by Gasteiger charge is 2.30. The molecule has 0 saturated carbocycles. The van der Waals surface area contributed by atoms with Crippen molar-refractivity contribution in [2.24, 2.45) is 11.7 Å². The van der Waals surface area contributed by atoms with E-state index in [1.807, 2.05) is 6.92 Å². The van der Waals surface area contributed by atoms with Gasteiger partial charge in [-0.25, -0.2) is 0 Å². The van der Waals surface area contributed by atoms with Gasteiger partial charge in [0.15, 0.2) is 0 Å². The molecular weight excluding hydrogens is 318 g/mol. The van der Waals surface area contributed by atoms with Crippen LogP contribution in [0.1, 0.15) is 25.3 Å². The summed E-state index contributed by atoms with van der Waals surface area (Å²) < 4.78 is 29.2. The highest BCUT2D eigenvalue weighted by molar-refractivity contribution is 5.93. The molecule has 1 aromatic carbocycles. The van der Waals surface area contributed by atoms with E-state index in [-0.39, 0.29) is 30.2 Å². The molecule has 2 rings (SSSR count). The van der Waals surface area contributed by atoms with Gasteiger partial charge >= 0.3 is 6.61 Å².